The van der Waals surface area contributed by atoms with Crippen LogP contribution >= 0.6 is 0 Å². The molecule has 0 atom stereocenters. The van der Waals surface area contributed by atoms with E-state index in [2.05, 4.69) is 10.8 Å². The lowest BCUT2D eigenvalue weighted by molar-refractivity contribution is -0.0546. The fourth-order valence-electron chi connectivity index (χ4n) is 2.93. The molecule has 1 aromatic carbocycles. The molecule has 5 heteroatoms. The Balaban J connectivity index is 2.11. The van der Waals surface area contributed by atoms with E-state index in [0.29, 0.717) is 11.5 Å². The van der Waals surface area contributed by atoms with Crippen molar-refractivity contribution in [2.24, 2.45) is 5.92 Å². The summed E-state index contributed by atoms with van der Waals surface area (Å²) >= 11 is 0. The molecule has 0 radical (unpaired) electrons. The van der Waals surface area contributed by atoms with Gasteiger partial charge in [0.2, 0.25) is 0 Å². The second-order valence-corrected chi connectivity index (χ2v) is 5.33. The van der Waals surface area contributed by atoms with Gasteiger partial charge < -0.3 is 4.74 Å². The summed E-state index contributed by atoms with van der Waals surface area (Å²) < 4.78 is 55.5. The standard InChI is InChI=1S/C16H18F4O/c1-2-3-10-4-6-11(7-5-10)12-8-13(17)15(14(18)9-12)21-16(19)20/h2-3,8-11,16H,4-7H2,1H3/b3-2+/t10-,11-. The van der Waals surface area contributed by atoms with Crippen LogP contribution in [0.4, 0.5) is 17.6 Å². The van der Waals surface area contributed by atoms with E-state index in [9.17, 15) is 17.6 Å². The Morgan fingerprint density at radius 3 is 2.14 bits per heavy atom. The highest BCUT2D eigenvalue weighted by atomic mass is 19.3. The smallest absolute Gasteiger partial charge is 0.387 e. The first-order valence-electron chi connectivity index (χ1n) is 7.07. The monoisotopic (exact) mass is 302 g/mol. The van der Waals surface area contributed by atoms with E-state index in [1.54, 1.807) is 0 Å². The van der Waals surface area contributed by atoms with Crippen molar-refractivity contribution in [1.29, 1.82) is 0 Å². The minimum absolute atomic E-state index is 0.0658. The highest BCUT2D eigenvalue weighted by Gasteiger charge is 2.24. The molecule has 1 nitrogen and oxygen atoms in total. The molecule has 0 aliphatic heterocycles. The van der Waals surface area contributed by atoms with E-state index in [4.69, 9.17) is 0 Å². The first-order chi connectivity index (χ1) is 10.0. The molecule has 116 valence electrons. The summed E-state index contributed by atoms with van der Waals surface area (Å²) in [6.07, 6.45) is 7.77. The van der Waals surface area contributed by atoms with Crippen LogP contribution in [0.25, 0.3) is 0 Å². The number of ether oxygens (including phenoxy) is 1. The van der Waals surface area contributed by atoms with Gasteiger partial charge in [-0.05, 0) is 62.1 Å². The summed E-state index contributed by atoms with van der Waals surface area (Å²) in [5, 5.41) is 0. The molecule has 21 heavy (non-hydrogen) atoms. The van der Waals surface area contributed by atoms with Gasteiger partial charge in [-0.3, -0.25) is 0 Å². The van der Waals surface area contributed by atoms with E-state index < -0.39 is 24.0 Å². The molecule has 0 unspecified atom stereocenters. The van der Waals surface area contributed by atoms with Gasteiger partial charge in [0.25, 0.3) is 0 Å². The van der Waals surface area contributed by atoms with Crippen LogP contribution in [0, 0.1) is 17.6 Å². The number of hydrogen-bond donors (Lipinski definition) is 0. The maximum absolute atomic E-state index is 13.7. The third-order valence-electron chi connectivity index (χ3n) is 3.94. The second kappa shape index (κ2) is 6.96. The average Bonchev–Trinajstić information content (AvgIpc) is 2.43. The van der Waals surface area contributed by atoms with Crippen molar-refractivity contribution in [2.45, 2.75) is 45.1 Å². The summed E-state index contributed by atoms with van der Waals surface area (Å²) in [6.45, 7) is -1.27. The molecule has 1 fully saturated rings. The van der Waals surface area contributed by atoms with Crippen LogP contribution in [0.2, 0.25) is 0 Å². The molecular weight excluding hydrogens is 284 g/mol. The molecule has 0 N–H and O–H groups in total. The van der Waals surface area contributed by atoms with E-state index in [-0.39, 0.29) is 5.92 Å². The molecule has 0 heterocycles. The van der Waals surface area contributed by atoms with Gasteiger partial charge in [-0.1, -0.05) is 12.2 Å². The van der Waals surface area contributed by atoms with Crippen LogP contribution in [0.3, 0.4) is 0 Å². The van der Waals surface area contributed by atoms with Gasteiger partial charge in [0, 0.05) is 0 Å². The van der Waals surface area contributed by atoms with Crippen molar-refractivity contribution >= 4 is 0 Å². The van der Waals surface area contributed by atoms with Gasteiger partial charge in [0.15, 0.2) is 17.4 Å². The number of alkyl halides is 2. The van der Waals surface area contributed by atoms with Gasteiger partial charge in [-0.15, -0.1) is 0 Å². The van der Waals surface area contributed by atoms with E-state index in [1.165, 1.54) is 0 Å². The normalized spacial score (nSPS) is 23.0. The average molecular weight is 302 g/mol. The Bertz CT molecular complexity index is 482. The van der Waals surface area contributed by atoms with E-state index in [1.807, 2.05) is 13.0 Å². The summed E-state index contributed by atoms with van der Waals surface area (Å²) in [4.78, 5) is 0. The fourth-order valence-corrected chi connectivity index (χ4v) is 2.93. The highest BCUT2D eigenvalue weighted by Crippen LogP contribution is 2.38. The van der Waals surface area contributed by atoms with Crippen molar-refractivity contribution in [3.63, 3.8) is 0 Å². The van der Waals surface area contributed by atoms with E-state index in [0.717, 1.165) is 37.8 Å². The summed E-state index contributed by atoms with van der Waals surface area (Å²) in [5.41, 5.74) is 0.519. The number of rotatable bonds is 4. The number of hydrogen-bond acceptors (Lipinski definition) is 1. The molecule has 1 aromatic rings. The number of allylic oxidation sites excluding steroid dienone is 2. The molecule has 1 saturated carbocycles. The Kier molecular flexibility index (Phi) is 5.26. The lowest BCUT2D eigenvalue weighted by Crippen LogP contribution is -2.13. The Labute approximate surface area is 121 Å². The zero-order valence-electron chi connectivity index (χ0n) is 11.8. The molecule has 2 rings (SSSR count). The topological polar surface area (TPSA) is 9.23 Å². The molecule has 0 bridgehead atoms. The SMILES string of the molecule is C/C=C/[C@H]1CC[C@H](c2cc(F)c(OC(F)F)c(F)c2)CC1. The second-order valence-electron chi connectivity index (χ2n) is 5.33. The van der Waals surface area contributed by atoms with Crippen LogP contribution in [0.15, 0.2) is 24.3 Å². The van der Waals surface area contributed by atoms with Gasteiger partial charge in [-0.2, -0.15) is 8.78 Å². The molecule has 0 saturated heterocycles. The van der Waals surface area contributed by atoms with Crippen LogP contribution in [-0.2, 0) is 0 Å². The Morgan fingerprint density at radius 1 is 1.10 bits per heavy atom. The lowest BCUT2D eigenvalue weighted by Gasteiger charge is -2.27. The van der Waals surface area contributed by atoms with Crippen molar-refractivity contribution in [2.75, 3.05) is 0 Å². The van der Waals surface area contributed by atoms with Crippen LogP contribution < -0.4 is 4.74 Å². The summed E-state index contributed by atoms with van der Waals surface area (Å²) in [7, 11) is 0. The molecule has 1 aliphatic carbocycles. The third-order valence-corrected chi connectivity index (χ3v) is 3.94. The number of halogens is 4. The number of benzene rings is 1. The fraction of sp³-hybridized carbons (Fsp3) is 0.500. The summed E-state index contributed by atoms with van der Waals surface area (Å²) in [5.74, 6) is -2.56. The highest BCUT2D eigenvalue weighted by molar-refractivity contribution is 5.33. The van der Waals surface area contributed by atoms with Gasteiger partial charge in [0.1, 0.15) is 0 Å². The third kappa shape index (κ3) is 3.99. The van der Waals surface area contributed by atoms with Crippen LogP contribution in [0.1, 0.15) is 44.1 Å². The van der Waals surface area contributed by atoms with Crippen molar-refractivity contribution < 1.29 is 22.3 Å². The van der Waals surface area contributed by atoms with Crippen molar-refractivity contribution in [3.8, 4) is 5.75 Å². The van der Waals surface area contributed by atoms with E-state index >= 15 is 0 Å². The minimum Gasteiger partial charge on any atom is -0.429 e. The Hall–Kier alpha value is -1.52. The van der Waals surface area contributed by atoms with Crippen LogP contribution in [0.5, 0.6) is 5.75 Å². The molecule has 0 amide bonds. The summed E-state index contributed by atoms with van der Waals surface area (Å²) in [6, 6.07) is 2.23. The quantitative estimate of drug-likeness (QED) is 0.533. The largest absolute Gasteiger partial charge is 0.429 e. The lowest BCUT2D eigenvalue weighted by atomic mass is 9.78. The van der Waals surface area contributed by atoms with Gasteiger partial charge in [-0.25, -0.2) is 8.78 Å². The Morgan fingerprint density at radius 2 is 1.67 bits per heavy atom. The first-order valence-corrected chi connectivity index (χ1v) is 7.07. The maximum Gasteiger partial charge on any atom is 0.387 e. The molecule has 0 spiro atoms. The van der Waals surface area contributed by atoms with Crippen molar-refractivity contribution in [3.05, 3.63) is 41.5 Å². The van der Waals surface area contributed by atoms with Crippen molar-refractivity contribution in [1.82, 2.24) is 0 Å². The molecular formula is C16H18F4O. The van der Waals surface area contributed by atoms with Gasteiger partial charge >= 0.3 is 6.61 Å². The maximum atomic E-state index is 13.7. The minimum atomic E-state index is -3.24. The van der Waals surface area contributed by atoms with Gasteiger partial charge in [0.05, 0.1) is 0 Å². The predicted octanol–water partition coefficient (Wildman–Crippen LogP) is 5.42. The first kappa shape index (κ1) is 15.9. The zero-order chi connectivity index (χ0) is 15.4. The van der Waals surface area contributed by atoms with Crippen LogP contribution in [-0.4, -0.2) is 6.61 Å². The zero-order valence-corrected chi connectivity index (χ0v) is 11.8. The molecule has 0 aromatic heterocycles. The predicted molar refractivity (Wildman–Crippen MR) is 72.5 cm³/mol. The molecule has 1 aliphatic rings.